The molecule has 0 bridgehead atoms. The van der Waals surface area contributed by atoms with E-state index < -0.39 is 6.10 Å². The number of Topliss-reactive ketones (excluding diaryl/α,β-unsaturated/α-hetero) is 1. The van der Waals surface area contributed by atoms with E-state index >= 15 is 0 Å². The molecule has 23 heavy (non-hydrogen) atoms. The van der Waals surface area contributed by atoms with Crippen LogP contribution in [0.2, 0.25) is 0 Å². The first kappa shape index (κ1) is 17.5. The highest BCUT2D eigenvalue weighted by atomic mass is 16.5. The third-order valence-corrected chi connectivity index (χ3v) is 4.17. The fourth-order valence-corrected chi connectivity index (χ4v) is 2.76. The highest BCUT2D eigenvalue weighted by Gasteiger charge is 2.17. The molecule has 5 nitrogen and oxygen atoms in total. The van der Waals surface area contributed by atoms with Crippen LogP contribution in [0.5, 0.6) is 5.75 Å². The molecule has 1 aliphatic rings. The molecule has 0 saturated carbocycles. The first-order valence-corrected chi connectivity index (χ1v) is 8.32. The van der Waals surface area contributed by atoms with Crippen molar-refractivity contribution in [3.8, 4) is 5.75 Å². The Labute approximate surface area is 137 Å². The summed E-state index contributed by atoms with van der Waals surface area (Å²) >= 11 is 0. The molecule has 5 heteroatoms. The van der Waals surface area contributed by atoms with Gasteiger partial charge in [-0.15, -0.1) is 0 Å². The fourth-order valence-electron chi connectivity index (χ4n) is 2.76. The summed E-state index contributed by atoms with van der Waals surface area (Å²) in [4.78, 5) is 23.5. The van der Waals surface area contributed by atoms with E-state index in [1.54, 1.807) is 31.2 Å². The maximum Gasteiger partial charge on any atom is 0.260 e. The predicted molar refractivity (Wildman–Crippen MR) is 89.8 cm³/mol. The van der Waals surface area contributed by atoms with Crippen LogP contribution < -0.4 is 15.4 Å². The maximum atomic E-state index is 12.1. The van der Waals surface area contributed by atoms with Crippen molar-refractivity contribution < 1.29 is 14.3 Å². The molecule has 2 N–H and O–H groups in total. The SMILES string of the molecule is CC(=O)c1cccc(OC(C)C(=O)NCCC2CCCNC2)c1. The van der Waals surface area contributed by atoms with Gasteiger partial charge < -0.3 is 15.4 Å². The van der Waals surface area contributed by atoms with Crippen molar-refractivity contribution in [3.05, 3.63) is 29.8 Å². The van der Waals surface area contributed by atoms with E-state index in [9.17, 15) is 9.59 Å². The van der Waals surface area contributed by atoms with Crippen LogP contribution in [0, 0.1) is 5.92 Å². The molecule has 1 fully saturated rings. The first-order valence-electron chi connectivity index (χ1n) is 8.32. The summed E-state index contributed by atoms with van der Waals surface area (Å²) in [5, 5.41) is 6.31. The quantitative estimate of drug-likeness (QED) is 0.756. The highest BCUT2D eigenvalue weighted by Crippen LogP contribution is 2.16. The Balaban J connectivity index is 1.75. The number of rotatable bonds is 7. The van der Waals surface area contributed by atoms with Gasteiger partial charge in [-0.05, 0) is 64.3 Å². The van der Waals surface area contributed by atoms with Gasteiger partial charge in [0.25, 0.3) is 5.91 Å². The molecule has 2 rings (SSSR count). The Morgan fingerprint density at radius 1 is 1.43 bits per heavy atom. The van der Waals surface area contributed by atoms with E-state index in [4.69, 9.17) is 4.74 Å². The third-order valence-electron chi connectivity index (χ3n) is 4.17. The van der Waals surface area contributed by atoms with Crippen LogP contribution in [-0.4, -0.2) is 37.4 Å². The Kier molecular flexibility index (Phi) is 6.59. The molecule has 2 unspecified atom stereocenters. The van der Waals surface area contributed by atoms with Crippen LogP contribution in [0.15, 0.2) is 24.3 Å². The van der Waals surface area contributed by atoms with Gasteiger partial charge in [0, 0.05) is 12.1 Å². The van der Waals surface area contributed by atoms with Gasteiger partial charge in [-0.1, -0.05) is 12.1 Å². The van der Waals surface area contributed by atoms with E-state index in [1.165, 1.54) is 19.8 Å². The Bertz CT molecular complexity index is 539. The summed E-state index contributed by atoms with van der Waals surface area (Å²) in [7, 11) is 0. The zero-order chi connectivity index (χ0) is 16.7. The van der Waals surface area contributed by atoms with Gasteiger partial charge in [-0.3, -0.25) is 9.59 Å². The predicted octanol–water partition coefficient (Wildman–Crippen LogP) is 2.16. The molecular weight excluding hydrogens is 292 g/mol. The molecule has 0 aromatic heterocycles. The van der Waals surface area contributed by atoms with Crippen molar-refractivity contribution in [2.24, 2.45) is 5.92 Å². The lowest BCUT2D eigenvalue weighted by Crippen LogP contribution is -2.38. The molecule has 1 aromatic rings. The number of piperidine rings is 1. The minimum absolute atomic E-state index is 0.0198. The molecule has 1 aliphatic heterocycles. The molecule has 126 valence electrons. The van der Waals surface area contributed by atoms with E-state index in [2.05, 4.69) is 10.6 Å². The highest BCUT2D eigenvalue weighted by molar-refractivity contribution is 5.94. The lowest BCUT2D eigenvalue weighted by Gasteiger charge is -2.23. The number of carbonyl (C=O) groups is 2. The second-order valence-electron chi connectivity index (χ2n) is 6.14. The van der Waals surface area contributed by atoms with Gasteiger partial charge in [0.2, 0.25) is 0 Å². The van der Waals surface area contributed by atoms with Gasteiger partial charge in [-0.2, -0.15) is 0 Å². The number of nitrogens with one attached hydrogen (secondary N) is 2. The van der Waals surface area contributed by atoms with Crippen molar-refractivity contribution in [3.63, 3.8) is 0 Å². The van der Waals surface area contributed by atoms with Crippen LogP contribution in [-0.2, 0) is 4.79 Å². The molecule has 2 atom stereocenters. The number of amides is 1. The Morgan fingerprint density at radius 3 is 2.96 bits per heavy atom. The average molecular weight is 318 g/mol. The van der Waals surface area contributed by atoms with Crippen molar-refractivity contribution in [2.75, 3.05) is 19.6 Å². The van der Waals surface area contributed by atoms with Gasteiger partial charge in [0.15, 0.2) is 11.9 Å². The molecule has 1 saturated heterocycles. The number of ketones is 1. The number of hydrogen-bond acceptors (Lipinski definition) is 4. The topological polar surface area (TPSA) is 67.4 Å². The first-order chi connectivity index (χ1) is 11.1. The van der Waals surface area contributed by atoms with E-state index in [-0.39, 0.29) is 11.7 Å². The normalized spacial score (nSPS) is 19.0. The summed E-state index contributed by atoms with van der Waals surface area (Å²) < 4.78 is 5.63. The van der Waals surface area contributed by atoms with Crippen LogP contribution in [0.3, 0.4) is 0 Å². The minimum atomic E-state index is -0.582. The fraction of sp³-hybridized carbons (Fsp3) is 0.556. The lowest BCUT2D eigenvalue weighted by molar-refractivity contribution is -0.127. The van der Waals surface area contributed by atoms with Crippen LogP contribution in [0.4, 0.5) is 0 Å². The summed E-state index contributed by atoms with van der Waals surface area (Å²) in [6.45, 7) is 6.05. The molecule has 1 aromatic carbocycles. The standard InChI is InChI=1S/C18H26N2O3/c1-13(21)16-6-3-7-17(11-16)23-14(2)18(22)20-10-8-15-5-4-9-19-12-15/h3,6-7,11,14-15,19H,4-5,8-10,12H2,1-2H3,(H,20,22). The smallest absolute Gasteiger partial charge is 0.260 e. The maximum absolute atomic E-state index is 12.1. The summed E-state index contributed by atoms with van der Waals surface area (Å²) in [5.41, 5.74) is 0.583. The van der Waals surface area contributed by atoms with Crippen molar-refractivity contribution in [1.82, 2.24) is 10.6 Å². The van der Waals surface area contributed by atoms with Crippen molar-refractivity contribution in [1.29, 1.82) is 0 Å². The Hall–Kier alpha value is -1.88. The molecular formula is C18H26N2O3. The van der Waals surface area contributed by atoms with Crippen molar-refractivity contribution >= 4 is 11.7 Å². The van der Waals surface area contributed by atoms with Gasteiger partial charge in [-0.25, -0.2) is 0 Å². The zero-order valence-electron chi connectivity index (χ0n) is 13.9. The Morgan fingerprint density at radius 2 is 2.26 bits per heavy atom. The van der Waals surface area contributed by atoms with E-state index in [0.717, 1.165) is 19.5 Å². The van der Waals surface area contributed by atoms with Crippen LogP contribution in [0.1, 0.15) is 43.5 Å². The molecule has 0 aliphatic carbocycles. The summed E-state index contributed by atoms with van der Waals surface area (Å²) in [6, 6.07) is 6.91. The second kappa shape index (κ2) is 8.67. The van der Waals surface area contributed by atoms with Gasteiger partial charge in [0.1, 0.15) is 5.75 Å². The lowest BCUT2D eigenvalue weighted by atomic mass is 9.96. The zero-order valence-corrected chi connectivity index (χ0v) is 13.9. The van der Waals surface area contributed by atoms with E-state index in [0.29, 0.717) is 23.8 Å². The largest absolute Gasteiger partial charge is 0.481 e. The van der Waals surface area contributed by atoms with Gasteiger partial charge in [0.05, 0.1) is 0 Å². The molecule has 1 heterocycles. The summed E-state index contributed by atoms with van der Waals surface area (Å²) in [6.07, 6.45) is 2.85. The van der Waals surface area contributed by atoms with Crippen LogP contribution >= 0.6 is 0 Å². The minimum Gasteiger partial charge on any atom is -0.481 e. The number of benzene rings is 1. The molecule has 0 spiro atoms. The third kappa shape index (κ3) is 5.67. The number of ether oxygens (including phenoxy) is 1. The second-order valence-corrected chi connectivity index (χ2v) is 6.14. The molecule has 0 radical (unpaired) electrons. The van der Waals surface area contributed by atoms with Crippen molar-refractivity contribution in [2.45, 2.75) is 39.2 Å². The van der Waals surface area contributed by atoms with Gasteiger partial charge >= 0.3 is 0 Å². The monoisotopic (exact) mass is 318 g/mol. The van der Waals surface area contributed by atoms with Crippen LogP contribution in [0.25, 0.3) is 0 Å². The molecule has 1 amide bonds. The summed E-state index contributed by atoms with van der Waals surface area (Å²) in [5.74, 6) is 1.04. The average Bonchev–Trinajstić information content (AvgIpc) is 2.56. The number of hydrogen-bond donors (Lipinski definition) is 2. The van der Waals surface area contributed by atoms with E-state index in [1.807, 2.05) is 0 Å². The number of carbonyl (C=O) groups excluding carboxylic acids is 2.